The summed E-state index contributed by atoms with van der Waals surface area (Å²) in [6.07, 6.45) is 8.28. The van der Waals surface area contributed by atoms with Crippen LogP contribution >= 0.6 is 0 Å². The molecule has 0 saturated heterocycles. The van der Waals surface area contributed by atoms with E-state index >= 15 is 0 Å². The third kappa shape index (κ3) is 6.96. The van der Waals surface area contributed by atoms with E-state index in [0.717, 1.165) is 32.2 Å². The van der Waals surface area contributed by atoms with Crippen LogP contribution in [0.25, 0.3) is 0 Å². The van der Waals surface area contributed by atoms with Crippen molar-refractivity contribution in [3.63, 3.8) is 0 Å². The first kappa shape index (κ1) is 15.7. The Labute approximate surface area is 115 Å². The van der Waals surface area contributed by atoms with Crippen LogP contribution in [0.1, 0.15) is 39.0 Å². The smallest absolute Gasteiger partial charge is 0.220 e. The molecule has 1 aromatic rings. The SMILES string of the molecule is CCC(CCN)CCC(=O)NCCCn1cccn1. The second-order valence-electron chi connectivity index (χ2n) is 4.86. The van der Waals surface area contributed by atoms with E-state index in [-0.39, 0.29) is 5.91 Å². The molecule has 0 fully saturated rings. The summed E-state index contributed by atoms with van der Waals surface area (Å²) < 4.78 is 1.88. The molecule has 19 heavy (non-hydrogen) atoms. The molecule has 5 nitrogen and oxygen atoms in total. The molecule has 5 heteroatoms. The molecule has 1 unspecified atom stereocenters. The lowest BCUT2D eigenvalue weighted by Crippen LogP contribution is -2.25. The normalized spacial score (nSPS) is 12.3. The fourth-order valence-electron chi connectivity index (χ4n) is 2.11. The Morgan fingerprint density at radius 3 is 2.95 bits per heavy atom. The van der Waals surface area contributed by atoms with Crippen LogP contribution in [0.3, 0.4) is 0 Å². The molecular weight excluding hydrogens is 240 g/mol. The zero-order chi connectivity index (χ0) is 13.9. The molecule has 0 aliphatic rings. The van der Waals surface area contributed by atoms with Gasteiger partial charge >= 0.3 is 0 Å². The maximum Gasteiger partial charge on any atom is 0.220 e. The predicted octanol–water partition coefficient (Wildman–Crippen LogP) is 1.54. The van der Waals surface area contributed by atoms with Crippen molar-refractivity contribution in [2.75, 3.05) is 13.1 Å². The number of carbonyl (C=O) groups excluding carboxylic acids is 1. The number of carbonyl (C=O) groups is 1. The second kappa shape index (κ2) is 9.55. The fourth-order valence-corrected chi connectivity index (χ4v) is 2.11. The maximum absolute atomic E-state index is 11.7. The Kier molecular flexibility index (Phi) is 7.89. The van der Waals surface area contributed by atoms with Gasteiger partial charge in [-0.1, -0.05) is 13.3 Å². The molecule has 3 N–H and O–H groups in total. The van der Waals surface area contributed by atoms with Gasteiger partial charge in [-0.2, -0.15) is 5.10 Å². The Balaban J connectivity index is 2.04. The Bertz CT molecular complexity index is 337. The van der Waals surface area contributed by atoms with Gasteiger partial charge in [0.05, 0.1) is 0 Å². The molecule has 0 bridgehead atoms. The van der Waals surface area contributed by atoms with Crippen LogP contribution in [-0.2, 0) is 11.3 Å². The predicted molar refractivity (Wildman–Crippen MR) is 76.5 cm³/mol. The van der Waals surface area contributed by atoms with Crippen molar-refractivity contribution in [2.45, 2.75) is 45.6 Å². The Morgan fingerprint density at radius 1 is 1.47 bits per heavy atom. The van der Waals surface area contributed by atoms with Crippen LogP contribution in [-0.4, -0.2) is 28.8 Å². The van der Waals surface area contributed by atoms with Gasteiger partial charge in [0.1, 0.15) is 0 Å². The summed E-state index contributed by atoms with van der Waals surface area (Å²) in [5, 5.41) is 7.07. The third-order valence-electron chi connectivity index (χ3n) is 3.38. The van der Waals surface area contributed by atoms with Gasteiger partial charge in [0.2, 0.25) is 5.91 Å². The lowest BCUT2D eigenvalue weighted by Gasteiger charge is -2.13. The number of hydrogen-bond donors (Lipinski definition) is 2. The number of aromatic nitrogens is 2. The average molecular weight is 266 g/mol. The van der Waals surface area contributed by atoms with E-state index in [1.165, 1.54) is 0 Å². The van der Waals surface area contributed by atoms with Crippen molar-refractivity contribution in [1.29, 1.82) is 0 Å². The van der Waals surface area contributed by atoms with E-state index in [1.54, 1.807) is 6.20 Å². The summed E-state index contributed by atoms with van der Waals surface area (Å²) >= 11 is 0. The quantitative estimate of drug-likeness (QED) is 0.631. The summed E-state index contributed by atoms with van der Waals surface area (Å²) in [6.45, 7) is 4.43. The first-order valence-corrected chi connectivity index (χ1v) is 7.20. The van der Waals surface area contributed by atoms with Crippen molar-refractivity contribution >= 4 is 5.91 Å². The van der Waals surface area contributed by atoms with Crippen LogP contribution in [0.4, 0.5) is 0 Å². The van der Waals surface area contributed by atoms with Crippen molar-refractivity contribution in [3.8, 4) is 0 Å². The molecule has 0 spiro atoms. The second-order valence-corrected chi connectivity index (χ2v) is 4.86. The van der Waals surface area contributed by atoms with Crippen molar-refractivity contribution in [2.24, 2.45) is 11.7 Å². The molecule has 1 heterocycles. The van der Waals surface area contributed by atoms with E-state index in [1.807, 2.05) is 16.9 Å². The van der Waals surface area contributed by atoms with Gasteiger partial charge in [0, 0.05) is 31.9 Å². The monoisotopic (exact) mass is 266 g/mol. The number of hydrogen-bond acceptors (Lipinski definition) is 3. The lowest BCUT2D eigenvalue weighted by molar-refractivity contribution is -0.121. The third-order valence-corrected chi connectivity index (χ3v) is 3.38. The van der Waals surface area contributed by atoms with Gasteiger partial charge in [0.25, 0.3) is 0 Å². The van der Waals surface area contributed by atoms with Crippen molar-refractivity contribution in [3.05, 3.63) is 18.5 Å². The molecule has 1 atom stereocenters. The molecule has 1 aromatic heterocycles. The van der Waals surface area contributed by atoms with Gasteiger partial charge in [-0.05, 0) is 37.8 Å². The molecule has 1 amide bonds. The average Bonchev–Trinajstić information content (AvgIpc) is 2.92. The minimum atomic E-state index is 0.149. The number of rotatable bonds is 10. The molecular formula is C14H26N4O. The standard InChI is InChI=1S/C14H26N4O/c1-2-13(7-8-15)5-6-14(19)16-9-3-11-18-12-4-10-17-18/h4,10,12-13H,2-3,5-9,11,15H2,1H3,(H,16,19). The van der Waals surface area contributed by atoms with Crippen LogP contribution in [0.5, 0.6) is 0 Å². The highest BCUT2D eigenvalue weighted by molar-refractivity contribution is 5.75. The van der Waals surface area contributed by atoms with Crippen molar-refractivity contribution < 1.29 is 4.79 Å². The highest BCUT2D eigenvalue weighted by Crippen LogP contribution is 2.14. The maximum atomic E-state index is 11.7. The fraction of sp³-hybridized carbons (Fsp3) is 0.714. The number of amides is 1. The molecule has 1 rings (SSSR count). The Morgan fingerprint density at radius 2 is 2.32 bits per heavy atom. The molecule has 0 aromatic carbocycles. The lowest BCUT2D eigenvalue weighted by atomic mass is 9.96. The van der Waals surface area contributed by atoms with Crippen LogP contribution in [0.15, 0.2) is 18.5 Å². The van der Waals surface area contributed by atoms with Gasteiger partial charge in [-0.25, -0.2) is 0 Å². The van der Waals surface area contributed by atoms with Crippen molar-refractivity contribution in [1.82, 2.24) is 15.1 Å². The molecule has 108 valence electrons. The zero-order valence-corrected chi connectivity index (χ0v) is 11.8. The summed E-state index contributed by atoms with van der Waals surface area (Å²) in [6, 6.07) is 1.90. The Hall–Kier alpha value is -1.36. The minimum absolute atomic E-state index is 0.149. The number of nitrogens with zero attached hydrogens (tertiary/aromatic N) is 2. The van der Waals surface area contributed by atoms with Crippen LogP contribution < -0.4 is 11.1 Å². The molecule has 0 aliphatic heterocycles. The van der Waals surface area contributed by atoms with Crippen LogP contribution in [0, 0.1) is 5.92 Å². The number of nitrogens with two attached hydrogens (primary N) is 1. The number of nitrogens with one attached hydrogen (secondary N) is 1. The van der Waals surface area contributed by atoms with Gasteiger partial charge in [-0.15, -0.1) is 0 Å². The zero-order valence-electron chi connectivity index (χ0n) is 11.8. The topological polar surface area (TPSA) is 72.9 Å². The first-order valence-electron chi connectivity index (χ1n) is 7.20. The summed E-state index contributed by atoms with van der Waals surface area (Å²) in [5.74, 6) is 0.732. The van der Waals surface area contributed by atoms with E-state index in [9.17, 15) is 4.79 Å². The summed E-state index contributed by atoms with van der Waals surface area (Å²) in [7, 11) is 0. The minimum Gasteiger partial charge on any atom is -0.356 e. The summed E-state index contributed by atoms with van der Waals surface area (Å²) in [4.78, 5) is 11.7. The van der Waals surface area contributed by atoms with E-state index in [4.69, 9.17) is 5.73 Å². The molecule has 0 saturated carbocycles. The largest absolute Gasteiger partial charge is 0.356 e. The van der Waals surface area contributed by atoms with Gasteiger partial charge in [0.15, 0.2) is 0 Å². The van der Waals surface area contributed by atoms with E-state index in [2.05, 4.69) is 17.3 Å². The van der Waals surface area contributed by atoms with Gasteiger partial charge in [-0.3, -0.25) is 9.48 Å². The van der Waals surface area contributed by atoms with E-state index in [0.29, 0.717) is 25.4 Å². The molecule has 0 aliphatic carbocycles. The summed E-state index contributed by atoms with van der Waals surface area (Å²) in [5.41, 5.74) is 5.55. The first-order chi connectivity index (χ1) is 9.26. The molecule has 0 radical (unpaired) electrons. The van der Waals surface area contributed by atoms with Gasteiger partial charge < -0.3 is 11.1 Å². The van der Waals surface area contributed by atoms with Crippen LogP contribution in [0.2, 0.25) is 0 Å². The van der Waals surface area contributed by atoms with E-state index < -0.39 is 0 Å². The highest BCUT2D eigenvalue weighted by Gasteiger charge is 2.08. The highest BCUT2D eigenvalue weighted by atomic mass is 16.1. The number of aryl methyl sites for hydroxylation is 1.